The van der Waals surface area contributed by atoms with E-state index in [2.05, 4.69) is 5.32 Å². The van der Waals surface area contributed by atoms with Crippen LogP contribution in [0.4, 0.5) is 5.69 Å². The van der Waals surface area contributed by atoms with Crippen LogP contribution >= 0.6 is 11.6 Å². The lowest BCUT2D eigenvalue weighted by Gasteiger charge is -2.11. The Bertz CT molecular complexity index is 391. The summed E-state index contributed by atoms with van der Waals surface area (Å²) in [6, 6.07) is 2.45. The van der Waals surface area contributed by atoms with Crippen molar-refractivity contribution in [2.24, 2.45) is 5.73 Å². The van der Waals surface area contributed by atoms with Gasteiger partial charge in [-0.1, -0.05) is 11.6 Å². The summed E-state index contributed by atoms with van der Waals surface area (Å²) in [4.78, 5) is 11.3. The molecule has 82 valence electrons. The third-order valence-corrected chi connectivity index (χ3v) is 2.15. The number of nitrogens with one attached hydrogen (secondary N) is 1. The van der Waals surface area contributed by atoms with E-state index >= 15 is 0 Å². The van der Waals surface area contributed by atoms with Gasteiger partial charge in [0.25, 0.3) is 0 Å². The number of hydrogen-bond donors (Lipinski definition) is 3. The van der Waals surface area contributed by atoms with Gasteiger partial charge in [0.1, 0.15) is 5.75 Å². The molecule has 0 saturated heterocycles. The van der Waals surface area contributed by atoms with E-state index in [1.165, 1.54) is 6.07 Å². The number of hydrogen-bond acceptors (Lipinski definition) is 3. The summed E-state index contributed by atoms with van der Waals surface area (Å²) < 4.78 is 0. The molecule has 0 bridgehead atoms. The minimum Gasteiger partial charge on any atom is -0.505 e. The lowest BCUT2D eigenvalue weighted by atomic mass is 10.2. The number of aryl methyl sites for hydroxylation is 1. The zero-order valence-corrected chi connectivity index (χ0v) is 9.30. The highest BCUT2D eigenvalue weighted by Crippen LogP contribution is 2.30. The number of benzene rings is 1. The predicted octanol–water partition coefficient (Wildman–Crippen LogP) is 1.64. The van der Waals surface area contributed by atoms with Crippen LogP contribution in [0.3, 0.4) is 0 Å². The molecule has 0 heterocycles. The first kappa shape index (κ1) is 11.8. The maximum atomic E-state index is 11.3. The molecular weight excluding hydrogens is 216 g/mol. The highest BCUT2D eigenvalue weighted by atomic mass is 35.5. The lowest BCUT2D eigenvalue weighted by molar-refractivity contribution is -0.117. The number of amides is 1. The maximum absolute atomic E-state index is 11.3. The van der Waals surface area contributed by atoms with Crippen LogP contribution in [0.1, 0.15) is 12.5 Å². The number of carbonyl (C=O) groups is 1. The van der Waals surface area contributed by atoms with Crippen molar-refractivity contribution in [2.75, 3.05) is 5.32 Å². The van der Waals surface area contributed by atoms with Gasteiger partial charge in [0.2, 0.25) is 5.91 Å². The first-order valence-corrected chi connectivity index (χ1v) is 4.85. The Kier molecular flexibility index (Phi) is 3.55. The molecule has 1 unspecified atom stereocenters. The number of rotatable bonds is 2. The summed E-state index contributed by atoms with van der Waals surface area (Å²) in [6.07, 6.45) is 0. The van der Waals surface area contributed by atoms with Crippen LogP contribution in [0.2, 0.25) is 5.02 Å². The SMILES string of the molecule is Cc1cc(Cl)cc(NC(=O)C(C)N)c1O. The molecule has 0 spiro atoms. The average Bonchev–Trinajstić information content (AvgIpc) is 2.13. The molecule has 4 N–H and O–H groups in total. The van der Waals surface area contributed by atoms with Crippen molar-refractivity contribution in [3.8, 4) is 5.75 Å². The normalized spacial score (nSPS) is 12.3. The van der Waals surface area contributed by atoms with E-state index in [0.717, 1.165) is 0 Å². The van der Waals surface area contributed by atoms with Gasteiger partial charge in [-0.25, -0.2) is 0 Å². The quantitative estimate of drug-likeness (QED) is 0.674. The van der Waals surface area contributed by atoms with Crippen LogP contribution in [0.25, 0.3) is 0 Å². The molecule has 5 heteroatoms. The molecule has 4 nitrogen and oxygen atoms in total. The Balaban J connectivity index is 2.99. The molecule has 1 atom stereocenters. The van der Waals surface area contributed by atoms with Crippen molar-refractivity contribution in [3.05, 3.63) is 22.7 Å². The van der Waals surface area contributed by atoms with Gasteiger partial charge in [-0.15, -0.1) is 0 Å². The standard InChI is InChI=1S/C10H13ClN2O2/c1-5-3-7(11)4-8(9(5)14)13-10(15)6(2)12/h3-4,6,14H,12H2,1-2H3,(H,13,15). The van der Waals surface area contributed by atoms with Gasteiger partial charge in [0.15, 0.2) is 0 Å². The fraction of sp³-hybridized carbons (Fsp3) is 0.300. The molecule has 0 aliphatic carbocycles. The third kappa shape index (κ3) is 2.84. The molecule has 0 aliphatic rings. The Hall–Kier alpha value is -1.26. The second-order valence-corrected chi connectivity index (χ2v) is 3.83. The van der Waals surface area contributed by atoms with Gasteiger partial charge in [-0.2, -0.15) is 0 Å². The molecule has 0 radical (unpaired) electrons. The van der Waals surface area contributed by atoms with Gasteiger partial charge in [0.05, 0.1) is 11.7 Å². The average molecular weight is 229 g/mol. The fourth-order valence-corrected chi connectivity index (χ4v) is 1.35. The fourth-order valence-electron chi connectivity index (χ4n) is 1.08. The zero-order valence-electron chi connectivity index (χ0n) is 8.54. The second-order valence-electron chi connectivity index (χ2n) is 3.40. The van der Waals surface area contributed by atoms with Gasteiger partial charge < -0.3 is 16.2 Å². The summed E-state index contributed by atoms with van der Waals surface area (Å²) in [5.41, 5.74) is 6.26. The molecule has 1 rings (SSSR count). The number of nitrogens with two attached hydrogens (primary N) is 1. The van der Waals surface area contributed by atoms with Crippen LogP contribution < -0.4 is 11.1 Å². The van der Waals surface area contributed by atoms with Crippen LogP contribution in [0.15, 0.2) is 12.1 Å². The van der Waals surface area contributed by atoms with E-state index in [-0.39, 0.29) is 17.3 Å². The zero-order chi connectivity index (χ0) is 11.6. The van der Waals surface area contributed by atoms with E-state index in [9.17, 15) is 9.90 Å². The molecule has 1 amide bonds. The number of phenolic OH excluding ortho intramolecular Hbond substituents is 1. The summed E-state index contributed by atoms with van der Waals surface area (Å²) in [6.45, 7) is 3.26. The highest BCUT2D eigenvalue weighted by Gasteiger charge is 2.12. The molecule has 0 aromatic heterocycles. The number of anilines is 1. The second kappa shape index (κ2) is 4.51. The summed E-state index contributed by atoms with van der Waals surface area (Å²) in [5, 5.41) is 12.6. The van der Waals surface area contributed by atoms with Crippen LogP contribution in [0, 0.1) is 6.92 Å². The maximum Gasteiger partial charge on any atom is 0.241 e. The van der Waals surface area contributed by atoms with E-state index in [1.54, 1.807) is 19.9 Å². The van der Waals surface area contributed by atoms with Crippen LogP contribution in [-0.2, 0) is 4.79 Å². The summed E-state index contributed by atoms with van der Waals surface area (Å²) >= 11 is 5.79. The number of phenols is 1. The Labute approximate surface area is 93.0 Å². The molecule has 0 saturated carbocycles. The van der Waals surface area contributed by atoms with Crippen LogP contribution in [-0.4, -0.2) is 17.1 Å². The monoisotopic (exact) mass is 228 g/mol. The van der Waals surface area contributed by atoms with Crippen molar-refractivity contribution in [2.45, 2.75) is 19.9 Å². The predicted molar refractivity (Wildman–Crippen MR) is 60.1 cm³/mol. The van der Waals surface area contributed by atoms with Crippen LogP contribution in [0.5, 0.6) is 5.75 Å². The molecule has 15 heavy (non-hydrogen) atoms. The van der Waals surface area contributed by atoms with Crippen molar-refractivity contribution in [1.82, 2.24) is 0 Å². The van der Waals surface area contributed by atoms with Crippen molar-refractivity contribution in [3.63, 3.8) is 0 Å². The molecule has 0 fully saturated rings. The minimum absolute atomic E-state index is 0.00778. The van der Waals surface area contributed by atoms with Gasteiger partial charge in [0, 0.05) is 5.02 Å². The van der Waals surface area contributed by atoms with E-state index in [1.807, 2.05) is 0 Å². The number of aromatic hydroxyl groups is 1. The van der Waals surface area contributed by atoms with Crippen molar-refractivity contribution in [1.29, 1.82) is 0 Å². The number of carbonyl (C=O) groups excluding carboxylic acids is 1. The first-order chi connectivity index (χ1) is 6.91. The first-order valence-electron chi connectivity index (χ1n) is 4.47. The Morgan fingerprint density at radius 3 is 2.73 bits per heavy atom. The van der Waals surface area contributed by atoms with Gasteiger partial charge >= 0.3 is 0 Å². The van der Waals surface area contributed by atoms with E-state index in [0.29, 0.717) is 10.6 Å². The topological polar surface area (TPSA) is 75.4 Å². The molecule has 1 aromatic rings. The van der Waals surface area contributed by atoms with Gasteiger partial charge in [-0.05, 0) is 31.5 Å². The highest BCUT2D eigenvalue weighted by molar-refractivity contribution is 6.31. The van der Waals surface area contributed by atoms with E-state index < -0.39 is 6.04 Å². The smallest absolute Gasteiger partial charge is 0.241 e. The molecule has 0 aliphatic heterocycles. The van der Waals surface area contributed by atoms with Gasteiger partial charge in [-0.3, -0.25) is 4.79 Å². The largest absolute Gasteiger partial charge is 0.505 e. The van der Waals surface area contributed by atoms with Crippen molar-refractivity contribution >= 4 is 23.2 Å². The Morgan fingerprint density at radius 2 is 2.20 bits per heavy atom. The number of halogens is 1. The molecular formula is C10H13ClN2O2. The lowest BCUT2D eigenvalue weighted by Crippen LogP contribution is -2.32. The summed E-state index contributed by atoms with van der Waals surface area (Å²) in [7, 11) is 0. The summed E-state index contributed by atoms with van der Waals surface area (Å²) in [5.74, 6) is -0.361. The minimum atomic E-state index is -0.635. The Morgan fingerprint density at radius 1 is 1.60 bits per heavy atom. The van der Waals surface area contributed by atoms with E-state index in [4.69, 9.17) is 17.3 Å². The van der Waals surface area contributed by atoms with Crippen molar-refractivity contribution < 1.29 is 9.90 Å². The third-order valence-electron chi connectivity index (χ3n) is 1.94. The molecule has 1 aromatic carbocycles.